The maximum absolute atomic E-state index is 12.1. The van der Waals surface area contributed by atoms with E-state index >= 15 is 0 Å². The summed E-state index contributed by atoms with van der Waals surface area (Å²) in [6.07, 6.45) is 23.1. The molecule has 0 atom stereocenters. The van der Waals surface area contributed by atoms with Crippen LogP contribution in [0, 0.1) is 0 Å². The Kier molecular flexibility index (Phi) is 23.7. The van der Waals surface area contributed by atoms with Crippen molar-refractivity contribution in [1.82, 2.24) is 9.80 Å². The number of aliphatic hydroxyl groups is 1. The summed E-state index contributed by atoms with van der Waals surface area (Å²) in [7, 11) is 0. The summed E-state index contributed by atoms with van der Waals surface area (Å²) in [6, 6.07) is 0.665. The number of hydrogen-bond acceptors (Lipinski definition) is 6. The van der Waals surface area contributed by atoms with Crippen molar-refractivity contribution in [1.29, 1.82) is 0 Å². The van der Waals surface area contributed by atoms with Gasteiger partial charge in [-0.2, -0.15) is 0 Å². The first-order valence-corrected chi connectivity index (χ1v) is 16.5. The number of hydrogen-bond donors (Lipinski definition) is 2. The molecule has 0 aromatic rings. The van der Waals surface area contributed by atoms with E-state index in [2.05, 4.69) is 16.7 Å². The lowest BCUT2D eigenvalue weighted by atomic mass is 10.1. The number of carbonyl (C=O) groups excluding carboxylic acids is 1. The molecule has 0 spiro atoms. The fraction of sp³-hybridized carbons (Fsp3) is 0.938. The third-order valence-electron chi connectivity index (χ3n) is 8.16. The Morgan fingerprint density at radius 1 is 0.692 bits per heavy atom. The average molecular weight is 555 g/mol. The number of carbonyl (C=O) groups is 2. The van der Waals surface area contributed by atoms with Gasteiger partial charge in [0, 0.05) is 38.5 Å². The van der Waals surface area contributed by atoms with Crippen LogP contribution >= 0.6 is 0 Å². The number of aliphatic hydroxyl groups excluding tert-OH is 1. The zero-order valence-corrected chi connectivity index (χ0v) is 25.4. The van der Waals surface area contributed by atoms with Gasteiger partial charge in [0.1, 0.15) is 0 Å². The second-order valence-electron chi connectivity index (χ2n) is 11.6. The highest BCUT2D eigenvalue weighted by atomic mass is 16.5. The zero-order chi connectivity index (χ0) is 28.4. The van der Waals surface area contributed by atoms with E-state index in [0.717, 1.165) is 71.1 Å². The van der Waals surface area contributed by atoms with Crippen molar-refractivity contribution in [3.63, 3.8) is 0 Å². The largest absolute Gasteiger partial charge is 0.481 e. The minimum Gasteiger partial charge on any atom is -0.481 e. The molecule has 1 aliphatic rings. The fourth-order valence-electron chi connectivity index (χ4n) is 5.71. The molecule has 39 heavy (non-hydrogen) atoms. The molecule has 1 rings (SSSR count). The van der Waals surface area contributed by atoms with Gasteiger partial charge >= 0.3 is 11.9 Å². The average Bonchev–Trinajstić information content (AvgIpc) is 3.45. The Labute approximate surface area is 240 Å². The van der Waals surface area contributed by atoms with Gasteiger partial charge in [-0.15, -0.1) is 0 Å². The summed E-state index contributed by atoms with van der Waals surface area (Å²) in [5.41, 5.74) is 0. The lowest BCUT2D eigenvalue weighted by Gasteiger charge is -2.31. The minimum absolute atomic E-state index is 0.0368. The van der Waals surface area contributed by atoms with Crippen LogP contribution in [0.2, 0.25) is 0 Å². The third kappa shape index (κ3) is 21.3. The molecule has 0 aliphatic heterocycles. The van der Waals surface area contributed by atoms with E-state index in [4.69, 9.17) is 9.84 Å². The Bertz CT molecular complexity index is 583. The molecule has 230 valence electrons. The van der Waals surface area contributed by atoms with Crippen LogP contribution in [0.4, 0.5) is 0 Å². The number of nitrogens with zero attached hydrogens (tertiary/aromatic N) is 2. The van der Waals surface area contributed by atoms with Crippen LogP contribution in [0.25, 0.3) is 0 Å². The maximum atomic E-state index is 12.1. The topological polar surface area (TPSA) is 90.3 Å². The molecular weight excluding hydrogens is 492 g/mol. The molecule has 2 N–H and O–H groups in total. The predicted octanol–water partition coefficient (Wildman–Crippen LogP) is 6.80. The Morgan fingerprint density at radius 3 is 1.92 bits per heavy atom. The van der Waals surface area contributed by atoms with Crippen LogP contribution < -0.4 is 0 Å². The molecule has 0 radical (unpaired) electrons. The number of aliphatic carboxylic acids is 1. The van der Waals surface area contributed by atoms with Crippen LogP contribution in [0.1, 0.15) is 142 Å². The zero-order valence-electron chi connectivity index (χ0n) is 25.4. The van der Waals surface area contributed by atoms with Crippen LogP contribution in [0.3, 0.4) is 0 Å². The molecule has 0 aromatic heterocycles. The highest BCUT2D eigenvalue weighted by Gasteiger charge is 2.22. The Hall–Kier alpha value is -1.18. The molecule has 0 heterocycles. The van der Waals surface area contributed by atoms with Gasteiger partial charge in [-0.3, -0.25) is 19.4 Å². The van der Waals surface area contributed by atoms with Gasteiger partial charge in [-0.25, -0.2) is 0 Å². The van der Waals surface area contributed by atoms with E-state index in [-0.39, 0.29) is 19.0 Å². The maximum Gasteiger partial charge on any atom is 0.305 e. The van der Waals surface area contributed by atoms with Crippen LogP contribution in [-0.2, 0) is 14.3 Å². The van der Waals surface area contributed by atoms with E-state index in [9.17, 15) is 14.7 Å². The van der Waals surface area contributed by atoms with Crippen molar-refractivity contribution < 1.29 is 24.5 Å². The first-order valence-electron chi connectivity index (χ1n) is 16.5. The number of unbranched alkanes of at least 4 members (excludes halogenated alkanes) is 12. The molecule has 0 amide bonds. The van der Waals surface area contributed by atoms with Gasteiger partial charge in [0.05, 0.1) is 13.2 Å². The van der Waals surface area contributed by atoms with Gasteiger partial charge in [-0.1, -0.05) is 84.0 Å². The van der Waals surface area contributed by atoms with E-state index in [1.807, 2.05) is 0 Å². The fourth-order valence-corrected chi connectivity index (χ4v) is 5.71. The molecule has 0 bridgehead atoms. The Balaban J connectivity index is 2.16. The van der Waals surface area contributed by atoms with Crippen molar-refractivity contribution in [3.05, 3.63) is 0 Å². The van der Waals surface area contributed by atoms with Crippen LogP contribution in [0.15, 0.2) is 0 Å². The van der Waals surface area contributed by atoms with Crippen molar-refractivity contribution in [2.75, 3.05) is 45.9 Å². The summed E-state index contributed by atoms with van der Waals surface area (Å²) in [5.74, 6) is -0.759. The molecule has 0 saturated heterocycles. The molecular formula is C32H62N2O5. The SMILES string of the molecule is CCCCCCCCCCCOC(=O)CCCCCN(CCN(CCO)CCCCCC(=O)O)C1CCCC1. The minimum atomic E-state index is -0.722. The summed E-state index contributed by atoms with van der Waals surface area (Å²) in [4.78, 5) is 27.8. The smallest absolute Gasteiger partial charge is 0.305 e. The van der Waals surface area contributed by atoms with Gasteiger partial charge in [0.15, 0.2) is 0 Å². The second-order valence-corrected chi connectivity index (χ2v) is 11.6. The summed E-state index contributed by atoms with van der Waals surface area (Å²) in [5, 5.41) is 18.3. The van der Waals surface area contributed by atoms with E-state index in [1.165, 1.54) is 77.0 Å². The summed E-state index contributed by atoms with van der Waals surface area (Å²) >= 11 is 0. The normalized spacial score (nSPS) is 14.1. The van der Waals surface area contributed by atoms with E-state index in [1.54, 1.807) is 0 Å². The predicted molar refractivity (Wildman–Crippen MR) is 160 cm³/mol. The number of esters is 1. The monoisotopic (exact) mass is 554 g/mol. The van der Waals surface area contributed by atoms with E-state index < -0.39 is 5.97 Å². The third-order valence-corrected chi connectivity index (χ3v) is 8.16. The quantitative estimate of drug-likeness (QED) is 0.0811. The van der Waals surface area contributed by atoms with Gasteiger partial charge in [0.25, 0.3) is 0 Å². The first-order chi connectivity index (χ1) is 19.1. The Morgan fingerprint density at radius 2 is 1.28 bits per heavy atom. The van der Waals surface area contributed by atoms with Gasteiger partial charge in [0.2, 0.25) is 0 Å². The molecule has 1 saturated carbocycles. The van der Waals surface area contributed by atoms with E-state index in [0.29, 0.717) is 25.6 Å². The molecule has 0 aromatic carbocycles. The molecule has 1 aliphatic carbocycles. The molecule has 7 nitrogen and oxygen atoms in total. The number of carboxylic acids is 1. The van der Waals surface area contributed by atoms with Crippen molar-refractivity contribution in [3.8, 4) is 0 Å². The summed E-state index contributed by atoms with van der Waals surface area (Å²) < 4.78 is 5.45. The highest BCUT2D eigenvalue weighted by molar-refractivity contribution is 5.69. The van der Waals surface area contributed by atoms with Crippen molar-refractivity contribution in [2.24, 2.45) is 0 Å². The molecule has 1 fully saturated rings. The summed E-state index contributed by atoms with van der Waals surface area (Å²) in [6.45, 7) is 7.62. The lowest BCUT2D eigenvalue weighted by Crippen LogP contribution is -2.41. The number of ether oxygens (including phenoxy) is 1. The molecule has 7 heteroatoms. The lowest BCUT2D eigenvalue weighted by molar-refractivity contribution is -0.144. The molecule has 0 unspecified atom stereocenters. The first kappa shape index (κ1) is 35.8. The van der Waals surface area contributed by atoms with Crippen molar-refractivity contribution >= 4 is 11.9 Å². The standard InChI is InChI=1S/C32H62N2O5/c1-2-3-4-5-6-7-8-9-18-29-39-32(38)22-13-11-17-24-34(30-19-14-15-20-30)26-25-33(27-28-35)23-16-10-12-21-31(36)37/h30,35H,2-29H2,1H3,(H,36,37). The number of carboxylic acid groups (broad SMARTS) is 1. The second kappa shape index (κ2) is 25.8. The van der Waals surface area contributed by atoms with Crippen LogP contribution in [-0.4, -0.2) is 83.9 Å². The van der Waals surface area contributed by atoms with Gasteiger partial charge < -0.3 is 14.9 Å². The highest BCUT2D eigenvalue weighted by Crippen LogP contribution is 2.24. The van der Waals surface area contributed by atoms with Crippen molar-refractivity contribution in [2.45, 2.75) is 148 Å². The van der Waals surface area contributed by atoms with Crippen LogP contribution in [0.5, 0.6) is 0 Å². The van der Waals surface area contributed by atoms with Gasteiger partial charge in [-0.05, 0) is 58.0 Å². The number of rotatable bonds is 28.